The van der Waals surface area contributed by atoms with Gasteiger partial charge in [-0.2, -0.15) is 5.11 Å². The summed E-state index contributed by atoms with van der Waals surface area (Å²) in [4.78, 5) is 39.1. The van der Waals surface area contributed by atoms with E-state index < -0.39 is 23.9 Å². The second-order valence-electron chi connectivity index (χ2n) is 6.78. The number of fused-ring (bicyclic) bond motifs is 1. The van der Waals surface area contributed by atoms with Gasteiger partial charge in [0.05, 0.1) is 5.69 Å². The van der Waals surface area contributed by atoms with Crippen LogP contribution in [-0.2, 0) is 20.8 Å². The average molecular weight is 412 g/mol. The number of carbonyl (C=O) groups excluding carboxylic acids is 3. The van der Waals surface area contributed by atoms with Crippen molar-refractivity contribution in [3.8, 4) is 0 Å². The average Bonchev–Trinajstić information content (AvgIpc) is 3.23. The molecule has 1 N–H and O–H groups in total. The van der Waals surface area contributed by atoms with Crippen LogP contribution in [0.15, 0.2) is 58.9 Å². The lowest BCUT2D eigenvalue weighted by molar-refractivity contribution is -0.123. The quantitative estimate of drug-likeness (QED) is 0.765. The Hall–Kier alpha value is -3.26. The molecule has 1 fully saturated rings. The molecule has 9 heteroatoms. The topological polar surface area (TPSA) is 94.4 Å². The van der Waals surface area contributed by atoms with Gasteiger partial charge in [-0.15, -0.1) is 0 Å². The number of aryl methyl sites for hydroxylation is 1. The van der Waals surface area contributed by atoms with Crippen LogP contribution >= 0.6 is 11.6 Å². The van der Waals surface area contributed by atoms with E-state index in [-0.39, 0.29) is 12.5 Å². The SMILES string of the molecule is CCc1ccc(N2C(=O)[C@@H]3N=NN(CC(=O)Nc4ccc(Cl)cc4)[C@H]3C2=O)cc1. The van der Waals surface area contributed by atoms with Crippen LogP contribution < -0.4 is 10.2 Å². The van der Waals surface area contributed by atoms with Gasteiger partial charge in [0.2, 0.25) is 5.91 Å². The number of carbonyl (C=O) groups is 3. The van der Waals surface area contributed by atoms with Crippen LogP contribution in [0.2, 0.25) is 5.02 Å². The second kappa shape index (κ2) is 7.63. The molecular weight excluding hydrogens is 394 g/mol. The minimum atomic E-state index is -0.934. The standard InChI is InChI=1S/C20H18ClN5O3/c1-2-12-3-9-15(10-4-12)26-19(28)17-18(20(26)29)25(24-23-17)11-16(27)22-14-7-5-13(21)6-8-14/h3-10,17-18H,2,11H2,1H3,(H,22,27)/t17-,18-/m1/s1. The number of nitrogens with one attached hydrogen (secondary N) is 1. The van der Waals surface area contributed by atoms with Crippen molar-refractivity contribution >= 4 is 40.7 Å². The number of hydrogen-bond donors (Lipinski definition) is 1. The Morgan fingerprint density at radius 1 is 1.07 bits per heavy atom. The third-order valence-electron chi connectivity index (χ3n) is 4.89. The van der Waals surface area contributed by atoms with Crippen molar-refractivity contribution in [2.75, 3.05) is 16.8 Å². The van der Waals surface area contributed by atoms with E-state index in [0.29, 0.717) is 16.4 Å². The molecule has 2 aromatic carbocycles. The van der Waals surface area contributed by atoms with Gasteiger partial charge < -0.3 is 5.32 Å². The molecule has 1 saturated heterocycles. The molecule has 4 rings (SSSR count). The van der Waals surface area contributed by atoms with Gasteiger partial charge in [0.25, 0.3) is 11.8 Å². The molecule has 0 bridgehead atoms. The molecule has 2 aliphatic rings. The number of anilines is 2. The summed E-state index contributed by atoms with van der Waals surface area (Å²) in [5, 5.41) is 12.3. The third-order valence-corrected chi connectivity index (χ3v) is 5.15. The minimum Gasteiger partial charge on any atom is -0.324 e. The van der Waals surface area contributed by atoms with E-state index in [1.54, 1.807) is 36.4 Å². The molecule has 0 saturated carbocycles. The summed E-state index contributed by atoms with van der Waals surface area (Å²) in [6.45, 7) is 1.83. The second-order valence-corrected chi connectivity index (χ2v) is 7.22. The summed E-state index contributed by atoms with van der Waals surface area (Å²) in [5.74, 6) is -1.25. The van der Waals surface area contributed by atoms with Gasteiger partial charge in [-0.3, -0.25) is 19.4 Å². The largest absolute Gasteiger partial charge is 0.324 e. The number of nitrogens with zero attached hydrogens (tertiary/aromatic N) is 4. The first-order valence-electron chi connectivity index (χ1n) is 9.17. The first-order chi connectivity index (χ1) is 14.0. The van der Waals surface area contributed by atoms with Crippen molar-refractivity contribution < 1.29 is 14.4 Å². The summed E-state index contributed by atoms with van der Waals surface area (Å²) >= 11 is 5.83. The van der Waals surface area contributed by atoms with Crippen LogP contribution in [0.4, 0.5) is 11.4 Å². The molecule has 0 radical (unpaired) electrons. The third kappa shape index (κ3) is 3.58. The van der Waals surface area contributed by atoms with Gasteiger partial charge in [-0.1, -0.05) is 35.9 Å². The zero-order valence-corrected chi connectivity index (χ0v) is 16.3. The minimum absolute atomic E-state index is 0.199. The summed E-state index contributed by atoms with van der Waals surface area (Å²) < 4.78 is 0. The van der Waals surface area contributed by atoms with E-state index in [9.17, 15) is 14.4 Å². The number of rotatable bonds is 5. The lowest BCUT2D eigenvalue weighted by Crippen LogP contribution is -2.43. The number of imide groups is 1. The van der Waals surface area contributed by atoms with Gasteiger partial charge in [-0.25, -0.2) is 4.90 Å². The van der Waals surface area contributed by atoms with Crippen molar-refractivity contribution in [1.29, 1.82) is 0 Å². The smallest absolute Gasteiger partial charge is 0.263 e. The first kappa shape index (κ1) is 19.1. The first-order valence-corrected chi connectivity index (χ1v) is 9.55. The highest BCUT2D eigenvalue weighted by Gasteiger charge is 2.55. The van der Waals surface area contributed by atoms with Crippen LogP contribution in [0.3, 0.4) is 0 Å². The number of benzene rings is 2. The van der Waals surface area contributed by atoms with Crippen LogP contribution in [0.1, 0.15) is 12.5 Å². The Bertz CT molecular complexity index is 990. The molecule has 0 unspecified atom stereocenters. The molecule has 148 valence electrons. The number of hydrogen-bond acceptors (Lipinski definition) is 6. The monoisotopic (exact) mass is 411 g/mol. The molecule has 2 atom stereocenters. The Balaban J connectivity index is 1.47. The zero-order chi connectivity index (χ0) is 20.5. The van der Waals surface area contributed by atoms with Gasteiger partial charge in [0.15, 0.2) is 12.1 Å². The van der Waals surface area contributed by atoms with E-state index in [4.69, 9.17) is 11.6 Å². The maximum absolute atomic E-state index is 12.9. The molecule has 29 heavy (non-hydrogen) atoms. The van der Waals surface area contributed by atoms with E-state index in [1.165, 1.54) is 5.01 Å². The highest BCUT2D eigenvalue weighted by molar-refractivity contribution is 6.30. The summed E-state index contributed by atoms with van der Waals surface area (Å²) in [6.07, 6.45) is 0.859. The van der Waals surface area contributed by atoms with Crippen LogP contribution in [0.5, 0.6) is 0 Å². The predicted molar refractivity (Wildman–Crippen MR) is 108 cm³/mol. The summed E-state index contributed by atoms with van der Waals surface area (Å²) in [6, 6.07) is 12.0. The molecule has 0 aliphatic carbocycles. The van der Waals surface area contributed by atoms with Crippen LogP contribution in [0, 0.1) is 0 Å². The molecule has 3 amide bonds. The maximum atomic E-state index is 12.9. The van der Waals surface area contributed by atoms with Crippen molar-refractivity contribution in [2.45, 2.75) is 25.4 Å². The van der Waals surface area contributed by atoms with Crippen molar-refractivity contribution in [2.24, 2.45) is 10.3 Å². The Morgan fingerprint density at radius 2 is 1.76 bits per heavy atom. The normalized spacial score (nSPS) is 20.3. The molecule has 8 nitrogen and oxygen atoms in total. The molecule has 0 spiro atoms. The summed E-state index contributed by atoms with van der Waals surface area (Å²) in [5.41, 5.74) is 2.17. The fraction of sp³-hybridized carbons (Fsp3) is 0.250. The Labute approximate surface area is 172 Å². The van der Waals surface area contributed by atoms with Crippen molar-refractivity contribution in [1.82, 2.24) is 5.01 Å². The molecule has 0 aromatic heterocycles. The van der Waals surface area contributed by atoms with Crippen LogP contribution in [-0.4, -0.2) is 41.4 Å². The van der Waals surface area contributed by atoms with E-state index in [0.717, 1.165) is 16.9 Å². The molecule has 2 aliphatic heterocycles. The Morgan fingerprint density at radius 3 is 2.41 bits per heavy atom. The van der Waals surface area contributed by atoms with Crippen molar-refractivity contribution in [3.63, 3.8) is 0 Å². The molecule has 2 heterocycles. The van der Waals surface area contributed by atoms with E-state index >= 15 is 0 Å². The fourth-order valence-electron chi connectivity index (χ4n) is 3.37. The lowest BCUT2D eigenvalue weighted by Gasteiger charge is -2.20. The molecule has 2 aromatic rings. The number of amides is 3. The van der Waals surface area contributed by atoms with E-state index in [2.05, 4.69) is 15.7 Å². The highest BCUT2D eigenvalue weighted by atomic mass is 35.5. The maximum Gasteiger partial charge on any atom is 0.263 e. The zero-order valence-electron chi connectivity index (χ0n) is 15.6. The van der Waals surface area contributed by atoms with Crippen molar-refractivity contribution in [3.05, 3.63) is 59.1 Å². The van der Waals surface area contributed by atoms with Gasteiger partial charge in [0, 0.05) is 10.7 Å². The Kier molecular flexibility index (Phi) is 5.02. The predicted octanol–water partition coefficient (Wildman–Crippen LogP) is 2.83. The van der Waals surface area contributed by atoms with E-state index in [1.807, 2.05) is 19.1 Å². The lowest BCUT2D eigenvalue weighted by atomic mass is 10.1. The fourth-order valence-corrected chi connectivity index (χ4v) is 3.50. The number of halogens is 1. The molecular formula is C20H18ClN5O3. The van der Waals surface area contributed by atoms with Gasteiger partial charge in [0.1, 0.15) is 6.54 Å². The van der Waals surface area contributed by atoms with Crippen LogP contribution in [0.25, 0.3) is 0 Å². The van der Waals surface area contributed by atoms with Gasteiger partial charge >= 0.3 is 0 Å². The summed E-state index contributed by atoms with van der Waals surface area (Å²) in [7, 11) is 0. The van der Waals surface area contributed by atoms with Gasteiger partial charge in [-0.05, 0) is 48.4 Å². The highest BCUT2D eigenvalue weighted by Crippen LogP contribution is 2.32.